The lowest BCUT2D eigenvalue weighted by atomic mass is 10.1. The Morgan fingerprint density at radius 1 is 1.47 bits per heavy atom. The zero-order valence-corrected chi connectivity index (χ0v) is 11.6. The molecule has 0 spiro atoms. The SMILES string of the molecule is CCC(C)(O)COc1c(F)cccc1CNC1CC1. The molecule has 1 aliphatic rings. The first-order valence-electron chi connectivity index (χ1n) is 6.88. The Morgan fingerprint density at radius 2 is 2.21 bits per heavy atom. The van der Waals surface area contributed by atoms with Gasteiger partial charge in [-0.1, -0.05) is 19.1 Å². The fourth-order valence-corrected chi connectivity index (χ4v) is 1.73. The number of aliphatic hydroxyl groups is 1. The van der Waals surface area contributed by atoms with Gasteiger partial charge in [-0.3, -0.25) is 0 Å². The van der Waals surface area contributed by atoms with Gasteiger partial charge in [0, 0.05) is 18.2 Å². The molecule has 4 heteroatoms. The zero-order chi connectivity index (χ0) is 13.9. The third-order valence-electron chi connectivity index (χ3n) is 3.50. The van der Waals surface area contributed by atoms with Crippen molar-refractivity contribution in [2.75, 3.05) is 6.61 Å². The molecule has 0 aromatic heterocycles. The van der Waals surface area contributed by atoms with Crippen molar-refractivity contribution < 1.29 is 14.2 Å². The molecule has 0 radical (unpaired) electrons. The van der Waals surface area contributed by atoms with Gasteiger partial charge in [-0.05, 0) is 32.3 Å². The molecule has 1 fully saturated rings. The Labute approximate surface area is 113 Å². The minimum atomic E-state index is -0.927. The number of ether oxygens (including phenoxy) is 1. The first-order valence-corrected chi connectivity index (χ1v) is 6.88. The van der Waals surface area contributed by atoms with E-state index in [0.29, 0.717) is 19.0 Å². The summed E-state index contributed by atoms with van der Waals surface area (Å²) in [6.45, 7) is 4.27. The summed E-state index contributed by atoms with van der Waals surface area (Å²) in [6, 6.07) is 5.49. The maximum atomic E-state index is 13.8. The lowest BCUT2D eigenvalue weighted by molar-refractivity contribution is 0.00700. The first kappa shape index (κ1) is 14.3. The summed E-state index contributed by atoms with van der Waals surface area (Å²) in [7, 11) is 0. The van der Waals surface area contributed by atoms with Crippen LogP contribution in [0, 0.1) is 5.82 Å². The smallest absolute Gasteiger partial charge is 0.165 e. The van der Waals surface area contributed by atoms with Gasteiger partial charge >= 0.3 is 0 Å². The molecule has 1 atom stereocenters. The molecule has 0 amide bonds. The van der Waals surface area contributed by atoms with Gasteiger partial charge in [-0.25, -0.2) is 4.39 Å². The normalized spacial score (nSPS) is 18.1. The van der Waals surface area contributed by atoms with Gasteiger partial charge in [0.15, 0.2) is 11.6 Å². The number of benzene rings is 1. The first-order chi connectivity index (χ1) is 9.02. The Kier molecular flexibility index (Phi) is 4.42. The standard InChI is InChI=1S/C15H22FNO2/c1-3-15(2,18)10-19-14-11(5-4-6-13(14)16)9-17-12-7-8-12/h4-6,12,17-18H,3,7-10H2,1-2H3. The van der Waals surface area contributed by atoms with Crippen molar-refractivity contribution in [1.82, 2.24) is 5.32 Å². The minimum Gasteiger partial charge on any atom is -0.487 e. The van der Waals surface area contributed by atoms with Gasteiger partial charge in [0.05, 0.1) is 5.60 Å². The summed E-state index contributed by atoms with van der Waals surface area (Å²) >= 11 is 0. The summed E-state index contributed by atoms with van der Waals surface area (Å²) in [5.74, 6) is -0.119. The zero-order valence-electron chi connectivity index (χ0n) is 11.6. The van der Waals surface area contributed by atoms with Crippen molar-refractivity contribution in [3.63, 3.8) is 0 Å². The molecule has 19 heavy (non-hydrogen) atoms. The molecule has 1 saturated carbocycles. The van der Waals surface area contributed by atoms with Crippen LogP contribution >= 0.6 is 0 Å². The van der Waals surface area contributed by atoms with E-state index in [2.05, 4.69) is 5.32 Å². The minimum absolute atomic E-state index is 0.0981. The van der Waals surface area contributed by atoms with E-state index in [1.165, 1.54) is 18.9 Å². The second-order valence-electron chi connectivity index (χ2n) is 5.52. The molecule has 106 valence electrons. The highest BCUT2D eigenvalue weighted by Gasteiger charge is 2.23. The molecular formula is C15H22FNO2. The van der Waals surface area contributed by atoms with Crippen molar-refractivity contribution in [1.29, 1.82) is 0 Å². The van der Waals surface area contributed by atoms with Crippen LogP contribution in [0.15, 0.2) is 18.2 Å². The van der Waals surface area contributed by atoms with Gasteiger partial charge in [0.25, 0.3) is 0 Å². The lowest BCUT2D eigenvalue weighted by Gasteiger charge is -2.22. The molecule has 0 bridgehead atoms. The van der Waals surface area contributed by atoms with Crippen LogP contribution in [0.25, 0.3) is 0 Å². The monoisotopic (exact) mass is 267 g/mol. The van der Waals surface area contributed by atoms with Crippen molar-refractivity contribution in [2.45, 2.75) is 51.3 Å². The fourth-order valence-electron chi connectivity index (χ4n) is 1.73. The van der Waals surface area contributed by atoms with Crippen LogP contribution in [0.5, 0.6) is 5.75 Å². The van der Waals surface area contributed by atoms with Gasteiger partial charge in [0.2, 0.25) is 0 Å². The van der Waals surface area contributed by atoms with Gasteiger partial charge < -0.3 is 15.2 Å². The fraction of sp³-hybridized carbons (Fsp3) is 0.600. The average Bonchev–Trinajstić information content (AvgIpc) is 3.19. The number of hydrogen-bond acceptors (Lipinski definition) is 3. The predicted octanol–water partition coefficient (Wildman–Crippen LogP) is 2.62. The molecule has 0 saturated heterocycles. The molecule has 1 aliphatic carbocycles. The quantitative estimate of drug-likeness (QED) is 0.798. The van der Waals surface area contributed by atoms with Crippen LogP contribution in [0.1, 0.15) is 38.7 Å². The van der Waals surface area contributed by atoms with Crippen LogP contribution < -0.4 is 10.1 Å². The third-order valence-corrected chi connectivity index (χ3v) is 3.50. The van der Waals surface area contributed by atoms with Gasteiger partial charge in [-0.2, -0.15) is 0 Å². The molecule has 2 N–H and O–H groups in total. The van der Waals surface area contributed by atoms with E-state index >= 15 is 0 Å². The van der Waals surface area contributed by atoms with Crippen LogP contribution in [0.2, 0.25) is 0 Å². The molecule has 1 unspecified atom stereocenters. The van der Waals surface area contributed by atoms with Gasteiger partial charge in [-0.15, -0.1) is 0 Å². The number of nitrogens with one attached hydrogen (secondary N) is 1. The number of rotatable bonds is 7. The van der Waals surface area contributed by atoms with E-state index in [9.17, 15) is 9.50 Å². The van der Waals surface area contributed by atoms with Crippen molar-refractivity contribution in [3.8, 4) is 5.75 Å². The summed E-state index contributed by atoms with van der Waals surface area (Å²) < 4.78 is 19.3. The summed E-state index contributed by atoms with van der Waals surface area (Å²) in [5.41, 5.74) is -0.123. The third kappa shape index (κ3) is 4.18. The largest absolute Gasteiger partial charge is 0.487 e. The van der Waals surface area contributed by atoms with E-state index in [-0.39, 0.29) is 18.2 Å². The molecule has 1 aromatic carbocycles. The topological polar surface area (TPSA) is 41.5 Å². The van der Waals surface area contributed by atoms with E-state index < -0.39 is 5.60 Å². The maximum Gasteiger partial charge on any atom is 0.165 e. The van der Waals surface area contributed by atoms with E-state index in [4.69, 9.17) is 4.74 Å². The van der Waals surface area contributed by atoms with Crippen LogP contribution in [-0.2, 0) is 6.54 Å². The Balaban J connectivity index is 2.03. The van der Waals surface area contributed by atoms with E-state index in [1.807, 2.05) is 13.0 Å². The van der Waals surface area contributed by atoms with Crippen LogP contribution in [0.4, 0.5) is 4.39 Å². The molecule has 3 nitrogen and oxygen atoms in total. The highest BCUT2D eigenvalue weighted by Crippen LogP contribution is 2.26. The number of para-hydroxylation sites is 1. The second-order valence-corrected chi connectivity index (χ2v) is 5.52. The molecule has 0 heterocycles. The lowest BCUT2D eigenvalue weighted by Crippen LogP contribution is -2.31. The average molecular weight is 267 g/mol. The van der Waals surface area contributed by atoms with Crippen LogP contribution in [0.3, 0.4) is 0 Å². The van der Waals surface area contributed by atoms with Crippen molar-refractivity contribution in [2.24, 2.45) is 0 Å². The predicted molar refractivity (Wildman–Crippen MR) is 72.7 cm³/mol. The summed E-state index contributed by atoms with van der Waals surface area (Å²) in [5, 5.41) is 13.3. The molecule has 1 aromatic rings. The Bertz CT molecular complexity index is 430. The molecule has 2 rings (SSSR count). The second kappa shape index (κ2) is 5.88. The summed E-state index contributed by atoms with van der Waals surface area (Å²) in [6.07, 6.45) is 2.95. The van der Waals surface area contributed by atoms with Crippen molar-refractivity contribution in [3.05, 3.63) is 29.6 Å². The Hall–Kier alpha value is -1.13. The maximum absolute atomic E-state index is 13.8. The van der Waals surface area contributed by atoms with Crippen LogP contribution in [-0.4, -0.2) is 23.4 Å². The molecule has 0 aliphatic heterocycles. The van der Waals surface area contributed by atoms with Crippen molar-refractivity contribution >= 4 is 0 Å². The number of halogens is 1. The Morgan fingerprint density at radius 3 is 2.84 bits per heavy atom. The number of hydrogen-bond donors (Lipinski definition) is 2. The summed E-state index contributed by atoms with van der Waals surface area (Å²) in [4.78, 5) is 0. The van der Waals surface area contributed by atoms with E-state index in [0.717, 1.165) is 5.56 Å². The van der Waals surface area contributed by atoms with E-state index in [1.54, 1.807) is 13.0 Å². The van der Waals surface area contributed by atoms with Gasteiger partial charge in [0.1, 0.15) is 6.61 Å². The molecular weight excluding hydrogens is 245 g/mol. The highest BCUT2D eigenvalue weighted by molar-refractivity contribution is 5.35. The highest BCUT2D eigenvalue weighted by atomic mass is 19.1.